The molecule has 1 aromatic rings. The maximum atomic E-state index is 6.17. The summed E-state index contributed by atoms with van der Waals surface area (Å²) in [7, 11) is 2.11. The summed E-state index contributed by atoms with van der Waals surface area (Å²) >= 11 is 6.17. The lowest BCUT2D eigenvalue weighted by molar-refractivity contribution is 0.740. The molecule has 0 N–H and O–H groups in total. The van der Waals surface area contributed by atoms with Crippen molar-refractivity contribution in [3.05, 3.63) is 28.3 Å². The first-order chi connectivity index (χ1) is 6.20. The van der Waals surface area contributed by atoms with E-state index in [1.807, 2.05) is 6.07 Å². The summed E-state index contributed by atoms with van der Waals surface area (Å²) in [6.07, 6.45) is 2.41. The number of fused-ring (bicyclic) bond motifs is 1. The van der Waals surface area contributed by atoms with Gasteiger partial charge in [-0.15, -0.1) is 0 Å². The number of aryl methyl sites for hydroxylation is 1. The van der Waals surface area contributed by atoms with Crippen molar-refractivity contribution < 1.29 is 0 Å². The summed E-state index contributed by atoms with van der Waals surface area (Å²) in [5, 5.41) is 0.891. The van der Waals surface area contributed by atoms with E-state index in [1.54, 1.807) is 0 Å². The number of benzene rings is 1. The Morgan fingerprint density at radius 3 is 2.85 bits per heavy atom. The average Bonchev–Trinajstić information content (AvgIpc) is 2.12. The molecule has 0 saturated carbocycles. The van der Waals surface area contributed by atoms with E-state index in [9.17, 15) is 0 Å². The van der Waals surface area contributed by atoms with Gasteiger partial charge in [0.25, 0.3) is 0 Å². The maximum Gasteiger partial charge on any atom is 0.0642 e. The quantitative estimate of drug-likeness (QED) is 0.615. The Labute approximate surface area is 84.3 Å². The highest BCUT2D eigenvalue weighted by molar-refractivity contribution is 6.33. The van der Waals surface area contributed by atoms with Crippen molar-refractivity contribution in [2.24, 2.45) is 0 Å². The normalized spacial score (nSPS) is 15.8. The highest BCUT2D eigenvalue weighted by Crippen LogP contribution is 2.35. The van der Waals surface area contributed by atoms with Gasteiger partial charge in [0, 0.05) is 13.6 Å². The van der Waals surface area contributed by atoms with Crippen LogP contribution in [0.2, 0.25) is 5.02 Å². The fourth-order valence-electron chi connectivity index (χ4n) is 2.04. The molecule has 1 aromatic carbocycles. The summed E-state index contributed by atoms with van der Waals surface area (Å²) in [4.78, 5) is 2.26. The van der Waals surface area contributed by atoms with Gasteiger partial charge in [0.15, 0.2) is 0 Å². The van der Waals surface area contributed by atoms with Crippen molar-refractivity contribution in [1.29, 1.82) is 0 Å². The van der Waals surface area contributed by atoms with Crippen molar-refractivity contribution in [2.75, 3.05) is 18.5 Å². The van der Waals surface area contributed by atoms with Crippen LogP contribution >= 0.6 is 11.6 Å². The minimum atomic E-state index is 0.891. The third-order valence-electron chi connectivity index (χ3n) is 2.77. The van der Waals surface area contributed by atoms with Crippen LogP contribution in [0.5, 0.6) is 0 Å². The van der Waals surface area contributed by atoms with Crippen LogP contribution in [0.15, 0.2) is 12.1 Å². The zero-order chi connectivity index (χ0) is 9.42. The zero-order valence-corrected chi connectivity index (χ0v) is 8.86. The first kappa shape index (κ1) is 8.89. The Balaban J connectivity index is 2.60. The van der Waals surface area contributed by atoms with Crippen LogP contribution < -0.4 is 4.90 Å². The maximum absolute atomic E-state index is 6.17. The fourth-order valence-corrected chi connectivity index (χ4v) is 2.36. The molecule has 0 fully saturated rings. The smallest absolute Gasteiger partial charge is 0.0642 e. The molecule has 1 aliphatic heterocycles. The van der Waals surface area contributed by atoms with E-state index >= 15 is 0 Å². The molecule has 1 nitrogen and oxygen atoms in total. The minimum Gasteiger partial charge on any atom is -0.373 e. The first-order valence-electron chi connectivity index (χ1n) is 4.69. The summed E-state index contributed by atoms with van der Waals surface area (Å²) < 4.78 is 0. The van der Waals surface area contributed by atoms with Crippen molar-refractivity contribution in [2.45, 2.75) is 19.8 Å². The zero-order valence-electron chi connectivity index (χ0n) is 8.10. The van der Waals surface area contributed by atoms with E-state index in [-0.39, 0.29) is 0 Å². The van der Waals surface area contributed by atoms with Gasteiger partial charge in [-0.2, -0.15) is 0 Å². The summed E-state index contributed by atoms with van der Waals surface area (Å²) in [5.74, 6) is 0. The predicted molar refractivity (Wildman–Crippen MR) is 57.8 cm³/mol. The molecular weight excluding hydrogens is 182 g/mol. The summed E-state index contributed by atoms with van der Waals surface area (Å²) in [5.41, 5.74) is 4.04. The molecular formula is C11H14ClN. The standard InChI is InChI=1S/C11H14ClN/c1-8-5-6-10(12)11-9(8)4-3-7-13(11)2/h5-6H,3-4,7H2,1-2H3. The highest BCUT2D eigenvalue weighted by Gasteiger charge is 2.17. The Bertz CT molecular complexity index is 333. The van der Waals surface area contributed by atoms with Gasteiger partial charge in [0.05, 0.1) is 10.7 Å². The van der Waals surface area contributed by atoms with Gasteiger partial charge in [0.2, 0.25) is 0 Å². The second-order valence-corrected chi connectivity index (χ2v) is 4.12. The topological polar surface area (TPSA) is 3.24 Å². The molecule has 0 unspecified atom stereocenters. The number of hydrogen-bond acceptors (Lipinski definition) is 1. The van der Waals surface area contributed by atoms with Crippen LogP contribution in [0.4, 0.5) is 5.69 Å². The van der Waals surface area contributed by atoms with Gasteiger partial charge >= 0.3 is 0 Å². The van der Waals surface area contributed by atoms with Gasteiger partial charge < -0.3 is 4.90 Å². The molecule has 70 valence electrons. The van der Waals surface area contributed by atoms with Crippen LogP contribution in [0.25, 0.3) is 0 Å². The first-order valence-corrected chi connectivity index (χ1v) is 5.07. The Morgan fingerprint density at radius 1 is 1.38 bits per heavy atom. The molecule has 13 heavy (non-hydrogen) atoms. The average molecular weight is 196 g/mol. The lowest BCUT2D eigenvalue weighted by Crippen LogP contribution is -2.25. The summed E-state index contributed by atoms with van der Waals surface area (Å²) in [6.45, 7) is 3.28. The molecule has 0 spiro atoms. The third-order valence-corrected chi connectivity index (χ3v) is 3.07. The Kier molecular flexibility index (Phi) is 2.20. The van der Waals surface area contributed by atoms with Crippen molar-refractivity contribution in [1.82, 2.24) is 0 Å². The van der Waals surface area contributed by atoms with Crippen LogP contribution in [-0.2, 0) is 6.42 Å². The van der Waals surface area contributed by atoms with Gasteiger partial charge in [-0.3, -0.25) is 0 Å². The van der Waals surface area contributed by atoms with E-state index < -0.39 is 0 Å². The number of rotatable bonds is 0. The molecule has 0 saturated heterocycles. The lowest BCUT2D eigenvalue weighted by Gasteiger charge is -2.29. The fraction of sp³-hybridized carbons (Fsp3) is 0.455. The van der Waals surface area contributed by atoms with Gasteiger partial charge in [-0.1, -0.05) is 17.7 Å². The van der Waals surface area contributed by atoms with Gasteiger partial charge in [-0.25, -0.2) is 0 Å². The van der Waals surface area contributed by atoms with E-state index in [0.29, 0.717) is 0 Å². The molecule has 0 atom stereocenters. The number of anilines is 1. The lowest BCUT2D eigenvalue weighted by atomic mass is 9.97. The molecule has 2 heteroatoms. The van der Waals surface area contributed by atoms with Crippen LogP contribution in [-0.4, -0.2) is 13.6 Å². The number of halogens is 1. The number of nitrogens with zero attached hydrogens (tertiary/aromatic N) is 1. The summed E-state index contributed by atoms with van der Waals surface area (Å²) in [6, 6.07) is 4.11. The molecule has 0 aliphatic carbocycles. The van der Waals surface area contributed by atoms with E-state index in [4.69, 9.17) is 11.6 Å². The molecule has 0 amide bonds. The van der Waals surface area contributed by atoms with Crippen molar-refractivity contribution in [3.8, 4) is 0 Å². The minimum absolute atomic E-state index is 0.891. The molecule has 0 bridgehead atoms. The second kappa shape index (κ2) is 3.22. The van der Waals surface area contributed by atoms with Gasteiger partial charge in [-0.05, 0) is 37.0 Å². The van der Waals surface area contributed by atoms with Crippen molar-refractivity contribution >= 4 is 17.3 Å². The Morgan fingerprint density at radius 2 is 2.15 bits per heavy atom. The molecule has 2 rings (SSSR count). The largest absolute Gasteiger partial charge is 0.373 e. The monoisotopic (exact) mass is 195 g/mol. The van der Waals surface area contributed by atoms with E-state index in [2.05, 4.69) is 24.9 Å². The molecule has 0 radical (unpaired) electrons. The van der Waals surface area contributed by atoms with Crippen LogP contribution in [0.1, 0.15) is 17.5 Å². The second-order valence-electron chi connectivity index (χ2n) is 3.72. The highest BCUT2D eigenvalue weighted by atomic mass is 35.5. The molecule has 0 aromatic heterocycles. The number of hydrogen-bond donors (Lipinski definition) is 0. The van der Waals surface area contributed by atoms with E-state index in [0.717, 1.165) is 11.6 Å². The van der Waals surface area contributed by atoms with Gasteiger partial charge in [0.1, 0.15) is 0 Å². The predicted octanol–water partition coefficient (Wildman–Crippen LogP) is 3.03. The Hall–Kier alpha value is -0.690. The third kappa shape index (κ3) is 1.42. The molecule has 1 aliphatic rings. The SMILES string of the molecule is Cc1ccc(Cl)c2c1CCCN2C. The molecule has 1 heterocycles. The van der Waals surface area contributed by atoms with Crippen LogP contribution in [0.3, 0.4) is 0 Å². The van der Waals surface area contributed by atoms with Crippen LogP contribution in [0, 0.1) is 6.92 Å². The van der Waals surface area contributed by atoms with Crippen molar-refractivity contribution in [3.63, 3.8) is 0 Å². The van der Waals surface area contributed by atoms with E-state index in [1.165, 1.54) is 29.7 Å².